The number of fused-ring (bicyclic) bond motifs is 7. The molecule has 0 bridgehead atoms. The molecule has 1 N–H and O–H groups in total. The summed E-state index contributed by atoms with van der Waals surface area (Å²) in [6, 6.07) is 75.4. The summed E-state index contributed by atoms with van der Waals surface area (Å²) in [5.41, 5.74) is 15.5. The molecule has 0 saturated carbocycles. The summed E-state index contributed by atoms with van der Waals surface area (Å²) in [7, 11) is 0. The van der Waals surface area contributed by atoms with E-state index in [0.29, 0.717) is 5.84 Å². The smallest absolute Gasteiger partial charge is 0.211 e. The highest BCUT2D eigenvalue weighted by atomic mass is 15.3. The summed E-state index contributed by atoms with van der Waals surface area (Å²) in [5, 5.41) is 4.94. The van der Waals surface area contributed by atoms with Crippen LogP contribution in [-0.2, 0) is 0 Å². The van der Waals surface area contributed by atoms with Crippen molar-refractivity contribution in [3.05, 3.63) is 223 Å². The Hall–Kier alpha value is -7.76. The molecule has 2 aliphatic heterocycles. The van der Waals surface area contributed by atoms with Crippen molar-refractivity contribution in [2.45, 2.75) is 6.17 Å². The average Bonchev–Trinajstić information content (AvgIpc) is 3.59. The third-order valence-corrected chi connectivity index (χ3v) is 11.2. The minimum atomic E-state index is -0.345. The first-order valence-electron chi connectivity index (χ1n) is 19.7. The van der Waals surface area contributed by atoms with Crippen molar-refractivity contribution in [3.8, 4) is 44.6 Å². The molecule has 11 rings (SSSR count). The number of benzene rings is 8. The fraction of sp³-hybridized carbons (Fsp3) is 0.0189. The summed E-state index contributed by atoms with van der Waals surface area (Å²) < 4.78 is 2.33. The number of aliphatic imine (C=N–C) groups is 2. The van der Waals surface area contributed by atoms with E-state index >= 15 is 0 Å². The second-order valence-electron chi connectivity index (χ2n) is 14.7. The van der Waals surface area contributed by atoms with E-state index in [9.17, 15) is 0 Å². The van der Waals surface area contributed by atoms with E-state index in [0.717, 1.165) is 78.6 Å². The zero-order valence-corrected chi connectivity index (χ0v) is 31.6. The molecular formula is C53H37N5. The molecule has 1 atom stereocenters. The van der Waals surface area contributed by atoms with E-state index in [1.54, 1.807) is 0 Å². The molecule has 1 unspecified atom stereocenters. The zero-order chi connectivity index (χ0) is 38.4. The van der Waals surface area contributed by atoms with Gasteiger partial charge in [0.2, 0.25) is 5.96 Å². The molecule has 9 aromatic rings. The van der Waals surface area contributed by atoms with Gasteiger partial charge in [-0.3, -0.25) is 4.57 Å². The van der Waals surface area contributed by atoms with Gasteiger partial charge in [0.1, 0.15) is 6.17 Å². The van der Waals surface area contributed by atoms with Crippen LogP contribution in [0.15, 0.2) is 222 Å². The number of anilines is 3. The van der Waals surface area contributed by atoms with Crippen molar-refractivity contribution in [2.24, 2.45) is 9.98 Å². The van der Waals surface area contributed by atoms with Crippen molar-refractivity contribution in [1.29, 1.82) is 0 Å². The SMILES string of the molecule is c1ccc(C2=NC(c3ccccc3)NC(n3c4c(c5ccccc53)-c3ccccc3N(c3cc(-c5ccccc5)cc(-c5ccccc5)c3)c3ccccc3-4)=N2)cc1. The molecule has 3 heterocycles. The van der Waals surface area contributed by atoms with Gasteiger partial charge in [-0.1, -0.05) is 176 Å². The summed E-state index contributed by atoms with van der Waals surface area (Å²) in [5.74, 6) is 1.41. The molecule has 5 heteroatoms. The highest BCUT2D eigenvalue weighted by molar-refractivity contribution is 6.18. The Morgan fingerprint density at radius 1 is 0.448 bits per heavy atom. The first-order valence-corrected chi connectivity index (χ1v) is 19.7. The fourth-order valence-corrected chi connectivity index (χ4v) is 8.55. The Labute approximate surface area is 337 Å². The first-order chi connectivity index (χ1) is 28.8. The van der Waals surface area contributed by atoms with Gasteiger partial charge in [-0.2, -0.15) is 4.99 Å². The molecule has 2 aliphatic rings. The number of hydrogen-bond donors (Lipinski definition) is 1. The molecule has 0 amide bonds. The van der Waals surface area contributed by atoms with Gasteiger partial charge < -0.3 is 10.2 Å². The minimum absolute atomic E-state index is 0.345. The van der Waals surface area contributed by atoms with Gasteiger partial charge in [0.05, 0.1) is 22.6 Å². The van der Waals surface area contributed by atoms with Crippen molar-refractivity contribution < 1.29 is 0 Å². The van der Waals surface area contributed by atoms with Crippen LogP contribution in [0.5, 0.6) is 0 Å². The van der Waals surface area contributed by atoms with Gasteiger partial charge in [-0.15, -0.1) is 0 Å². The van der Waals surface area contributed by atoms with Gasteiger partial charge >= 0.3 is 0 Å². The molecule has 0 aliphatic carbocycles. The standard InChI is InChI=1S/C53H37N5/c1-5-19-36(20-6-1)40-33-41(37-21-7-2-8-22-37)35-42(34-40)57-46-30-16-13-27-43(46)49-44-28-14-17-31-47(44)58(50(49)45-29-15-18-32-48(45)57)53-55-51(38-23-9-3-10-24-38)54-52(56-53)39-25-11-4-12-26-39/h1-35,51H,(H,54,55,56). The number of aromatic nitrogens is 1. The quantitative estimate of drug-likeness (QED) is 0.191. The van der Waals surface area contributed by atoms with E-state index in [1.807, 2.05) is 24.3 Å². The van der Waals surface area contributed by atoms with E-state index < -0.39 is 0 Å². The Bertz CT molecular complexity index is 2960. The molecule has 274 valence electrons. The normalized spacial score (nSPS) is 14.3. The van der Waals surface area contributed by atoms with E-state index in [4.69, 9.17) is 9.98 Å². The fourth-order valence-electron chi connectivity index (χ4n) is 8.55. The molecule has 8 aromatic carbocycles. The van der Waals surface area contributed by atoms with Crippen molar-refractivity contribution in [2.75, 3.05) is 4.90 Å². The number of amidine groups is 1. The molecule has 0 radical (unpaired) electrons. The molecule has 0 spiro atoms. The highest BCUT2D eigenvalue weighted by Crippen LogP contribution is 2.54. The largest absolute Gasteiger partial charge is 0.330 e. The van der Waals surface area contributed by atoms with Crippen molar-refractivity contribution in [3.63, 3.8) is 0 Å². The third-order valence-electron chi connectivity index (χ3n) is 11.2. The predicted molar refractivity (Wildman–Crippen MR) is 240 cm³/mol. The summed E-state index contributed by atoms with van der Waals surface area (Å²) >= 11 is 0. The lowest BCUT2D eigenvalue weighted by molar-refractivity contribution is 0.660. The second-order valence-corrected chi connectivity index (χ2v) is 14.7. The van der Waals surface area contributed by atoms with Crippen LogP contribution in [0.4, 0.5) is 17.1 Å². The van der Waals surface area contributed by atoms with Gasteiger partial charge in [-0.05, 0) is 64.2 Å². The van der Waals surface area contributed by atoms with Crippen molar-refractivity contribution in [1.82, 2.24) is 9.88 Å². The van der Waals surface area contributed by atoms with E-state index in [-0.39, 0.29) is 6.17 Å². The van der Waals surface area contributed by atoms with Gasteiger partial charge in [0.15, 0.2) is 5.84 Å². The second kappa shape index (κ2) is 14.1. The summed E-state index contributed by atoms with van der Waals surface area (Å²) in [6.45, 7) is 0. The topological polar surface area (TPSA) is 44.9 Å². The number of nitrogens with one attached hydrogen (secondary N) is 1. The van der Waals surface area contributed by atoms with Crippen LogP contribution in [0.25, 0.3) is 55.5 Å². The molecule has 0 saturated heterocycles. The number of nitrogens with zero attached hydrogens (tertiary/aromatic N) is 4. The van der Waals surface area contributed by atoms with Crippen LogP contribution < -0.4 is 10.2 Å². The Balaban J connectivity index is 1.19. The van der Waals surface area contributed by atoms with Crippen LogP contribution in [0.2, 0.25) is 0 Å². The average molecular weight is 744 g/mol. The van der Waals surface area contributed by atoms with E-state index in [1.165, 1.54) is 11.1 Å². The Kier molecular flexibility index (Phi) is 8.14. The third kappa shape index (κ3) is 5.72. The molecule has 1 aromatic heterocycles. The maximum absolute atomic E-state index is 5.36. The maximum atomic E-state index is 5.36. The number of rotatable bonds is 5. The van der Waals surface area contributed by atoms with Gasteiger partial charge in [0.25, 0.3) is 0 Å². The Morgan fingerprint density at radius 3 is 1.62 bits per heavy atom. The van der Waals surface area contributed by atoms with Crippen LogP contribution >= 0.6 is 0 Å². The lowest BCUT2D eigenvalue weighted by atomic mass is 9.97. The van der Waals surface area contributed by atoms with Crippen molar-refractivity contribution >= 4 is 39.8 Å². The molecular weight excluding hydrogens is 707 g/mol. The van der Waals surface area contributed by atoms with Crippen LogP contribution in [0, 0.1) is 0 Å². The lowest BCUT2D eigenvalue weighted by Crippen LogP contribution is -2.37. The highest BCUT2D eigenvalue weighted by Gasteiger charge is 2.33. The van der Waals surface area contributed by atoms with Gasteiger partial charge in [-0.25, -0.2) is 4.99 Å². The predicted octanol–water partition coefficient (Wildman–Crippen LogP) is 13.0. The van der Waals surface area contributed by atoms with Crippen LogP contribution in [-0.4, -0.2) is 16.4 Å². The lowest BCUT2D eigenvalue weighted by Gasteiger charge is -2.29. The Morgan fingerprint density at radius 2 is 0.966 bits per heavy atom. The van der Waals surface area contributed by atoms with Gasteiger partial charge in [0, 0.05) is 33.3 Å². The van der Waals surface area contributed by atoms with E-state index in [2.05, 4.69) is 203 Å². The summed E-state index contributed by atoms with van der Waals surface area (Å²) in [6.07, 6.45) is -0.345. The maximum Gasteiger partial charge on any atom is 0.211 e. The van der Waals surface area contributed by atoms with Crippen LogP contribution in [0.3, 0.4) is 0 Å². The summed E-state index contributed by atoms with van der Waals surface area (Å²) in [4.78, 5) is 13.0. The number of hydrogen-bond acceptors (Lipinski definition) is 4. The minimum Gasteiger partial charge on any atom is -0.330 e. The van der Waals surface area contributed by atoms with Crippen LogP contribution in [0.1, 0.15) is 17.3 Å². The molecule has 58 heavy (non-hydrogen) atoms. The number of para-hydroxylation sites is 3. The monoisotopic (exact) mass is 743 g/mol. The zero-order valence-electron chi connectivity index (χ0n) is 31.6. The molecule has 5 nitrogen and oxygen atoms in total. The molecule has 0 fully saturated rings. The first kappa shape index (κ1) is 33.6.